The quantitative estimate of drug-likeness (QED) is 0.198. The molecule has 0 unspecified atom stereocenters. The van der Waals surface area contributed by atoms with Gasteiger partial charge in [-0.05, 0) is 61.7 Å². The summed E-state index contributed by atoms with van der Waals surface area (Å²) in [7, 11) is 0. The maximum absolute atomic E-state index is 9.99. The van der Waals surface area contributed by atoms with Crippen LogP contribution in [0.3, 0.4) is 0 Å². The molecule has 1 aliphatic carbocycles. The first-order valence-electron chi connectivity index (χ1n) is 12.5. The maximum Gasteiger partial charge on any atom is 0.227 e. The number of hydrogen-bond acceptors (Lipinski definition) is 9. The summed E-state index contributed by atoms with van der Waals surface area (Å²) in [6.07, 6.45) is 10.6. The van der Waals surface area contributed by atoms with Crippen molar-refractivity contribution >= 4 is 34.7 Å². The van der Waals surface area contributed by atoms with Gasteiger partial charge in [0.2, 0.25) is 5.95 Å². The van der Waals surface area contributed by atoms with Gasteiger partial charge >= 0.3 is 0 Å². The fourth-order valence-electron chi connectivity index (χ4n) is 4.57. The molecule has 4 rings (SSSR count). The van der Waals surface area contributed by atoms with Crippen molar-refractivity contribution in [2.75, 3.05) is 37.9 Å². The Bertz CT molecular complexity index is 1170. The minimum absolute atomic E-state index is 0.143. The first-order valence-corrected chi connectivity index (χ1v) is 14.5. The molecule has 1 aromatic carbocycles. The summed E-state index contributed by atoms with van der Waals surface area (Å²) < 4.78 is 6.93. The van der Waals surface area contributed by atoms with Crippen molar-refractivity contribution in [3.63, 3.8) is 0 Å². The summed E-state index contributed by atoms with van der Waals surface area (Å²) in [5, 5.41) is 25.3. The summed E-state index contributed by atoms with van der Waals surface area (Å²) in [6.45, 7) is 2.14. The molecule has 1 aliphatic rings. The molecular weight excluding hydrogens is 490 g/mol. The van der Waals surface area contributed by atoms with Crippen molar-refractivity contribution in [2.24, 2.45) is 0 Å². The highest BCUT2D eigenvalue weighted by molar-refractivity contribution is 8.00. The standard InChI is InChI=1S/C27H33N5O2S2/c1-35-26-22(18-28)24(19-7-3-2-4-8-19)25(36-26)23-11-13-30-27(32-23)31-20-9-5-10-21(17-20)34-16-6-12-29-14-15-33/h5,9-11,13,17,19,29,33H,2-4,6-8,12,14-16H2,1H3,(H,30,31,32). The molecule has 0 saturated heterocycles. The highest BCUT2D eigenvalue weighted by atomic mass is 32.2. The lowest BCUT2D eigenvalue weighted by molar-refractivity contribution is 0.282. The summed E-state index contributed by atoms with van der Waals surface area (Å²) in [5.74, 6) is 1.71. The molecule has 0 amide bonds. The molecule has 0 bridgehead atoms. The predicted octanol–water partition coefficient (Wildman–Crippen LogP) is 5.94. The van der Waals surface area contributed by atoms with E-state index >= 15 is 0 Å². The van der Waals surface area contributed by atoms with Gasteiger partial charge < -0.3 is 20.5 Å². The Balaban J connectivity index is 1.51. The van der Waals surface area contributed by atoms with Gasteiger partial charge in [-0.25, -0.2) is 9.97 Å². The fraction of sp³-hybridized carbons (Fsp3) is 0.444. The zero-order valence-electron chi connectivity index (χ0n) is 20.6. The molecule has 0 spiro atoms. The van der Waals surface area contributed by atoms with Crippen molar-refractivity contribution < 1.29 is 9.84 Å². The van der Waals surface area contributed by atoms with E-state index in [0.717, 1.165) is 57.6 Å². The van der Waals surface area contributed by atoms with E-state index in [-0.39, 0.29) is 6.61 Å². The number of nitriles is 1. The predicted molar refractivity (Wildman–Crippen MR) is 147 cm³/mol. The van der Waals surface area contributed by atoms with Gasteiger partial charge in [0.15, 0.2) is 0 Å². The van der Waals surface area contributed by atoms with Crippen LogP contribution in [-0.2, 0) is 0 Å². The summed E-state index contributed by atoms with van der Waals surface area (Å²) >= 11 is 3.32. The number of rotatable bonds is 12. The number of aromatic nitrogens is 2. The topological polar surface area (TPSA) is 103 Å². The van der Waals surface area contributed by atoms with Crippen molar-refractivity contribution in [1.29, 1.82) is 5.26 Å². The average Bonchev–Trinajstić information content (AvgIpc) is 3.30. The minimum Gasteiger partial charge on any atom is -0.493 e. The number of aliphatic hydroxyl groups is 1. The molecule has 3 aromatic rings. The Labute approximate surface area is 221 Å². The Kier molecular flexibility index (Phi) is 9.99. The second-order valence-corrected chi connectivity index (χ2v) is 10.8. The number of thiophene rings is 1. The molecule has 0 atom stereocenters. The average molecular weight is 524 g/mol. The van der Waals surface area contributed by atoms with Crippen molar-refractivity contribution in [2.45, 2.75) is 48.7 Å². The zero-order valence-corrected chi connectivity index (χ0v) is 22.3. The molecule has 3 N–H and O–H groups in total. The fourth-order valence-corrected chi connectivity index (χ4v) is 6.56. The molecule has 2 aromatic heterocycles. The second-order valence-electron chi connectivity index (χ2n) is 8.75. The lowest BCUT2D eigenvalue weighted by atomic mass is 9.82. The van der Waals surface area contributed by atoms with Crippen LogP contribution >= 0.6 is 23.1 Å². The largest absolute Gasteiger partial charge is 0.493 e. The van der Waals surface area contributed by atoms with Crippen LogP contribution in [0.2, 0.25) is 0 Å². The normalized spacial score (nSPS) is 13.9. The number of nitrogens with one attached hydrogen (secondary N) is 2. The highest BCUT2D eigenvalue weighted by Gasteiger charge is 2.27. The van der Waals surface area contributed by atoms with E-state index < -0.39 is 0 Å². The Morgan fingerprint density at radius 1 is 1.22 bits per heavy atom. The number of hydrogen-bond donors (Lipinski definition) is 3. The Hall–Kier alpha value is -2.64. The smallest absolute Gasteiger partial charge is 0.227 e. The van der Waals surface area contributed by atoms with Crippen LogP contribution < -0.4 is 15.4 Å². The van der Waals surface area contributed by atoms with Crippen molar-refractivity contribution in [3.05, 3.63) is 47.7 Å². The van der Waals surface area contributed by atoms with E-state index in [0.29, 0.717) is 25.0 Å². The molecule has 1 fully saturated rings. The van der Waals surface area contributed by atoms with Gasteiger partial charge in [-0.1, -0.05) is 25.3 Å². The first-order chi connectivity index (χ1) is 17.7. The molecule has 1 saturated carbocycles. The van der Waals surface area contributed by atoms with Gasteiger partial charge in [0, 0.05) is 24.5 Å². The van der Waals surface area contributed by atoms with Crippen LogP contribution in [0.1, 0.15) is 55.6 Å². The maximum atomic E-state index is 9.99. The monoisotopic (exact) mass is 523 g/mol. The van der Waals surface area contributed by atoms with Crippen LogP contribution in [0.5, 0.6) is 5.75 Å². The van der Waals surface area contributed by atoms with Gasteiger partial charge in [0.25, 0.3) is 0 Å². The molecule has 190 valence electrons. The van der Waals surface area contributed by atoms with E-state index in [2.05, 4.69) is 21.7 Å². The minimum atomic E-state index is 0.143. The molecule has 0 aliphatic heterocycles. The van der Waals surface area contributed by atoms with Gasteiger partial charge in [-0.2, -0.15) is 5.26 Å². The van der Waals surface area contributed by atoms with Gasteiger partial charge in [0.05, 0.1) is 33.6 Å². The van der Waals surface area contributed by atoms with E-state index in [1.54, 1.807) is 29.3 Å². The third kappa shape index (κ3) is 6.77. The first kappa shape index (κ1) is 26.4. The number of benzene rings is 1. The third-order valence-electron chi connectivity index (χ3n) is 6.26. The van der Waals surface area contributed by atoms with Crippen LogP contribution in [-0.4, -0.2) is 47.6 Å². The number of nitrogens with zero attached hydrogens (tertiary/aromatic N) is 3. The SMILES string of the molecule is CSc1sc(-c2ccnc(Nc3cccc(OCCCNCCO)c3)n2)c(C2CCCCC2)c1C#N. The lowest BCUT2D eigenvalue weighted by Crippen LogP contribution is -2.20. The zero-order chi connectivity index (χ0) is 25.2. The van der Waals surface area contributed by atoms with Crippen molar-refractivity contribution in [3.8, 4) is 22.4 Å². The molecule has 9 heteroatoms. The molecular formula is C27H33N5O2S2. The lowest BCUT2D eigenvalue weighted by Gasteiger charge is -2.22. The highest BCUT2D eigenvalue weighted by Crippen LogP contribution is 2.47. The Morgan fingerprint density at radius 2 is 2.08 bits per heavy atom. The van der Waals surface area contributed by atoms with Crippen LogP contribution in [0.15, 0.2) is 40.7 Å². The number of aliphatic hydroxyl groups excluding tert-OH is 1. The number of anilines is 2. The van der Waals surface area contributed by atoms with E-state index in [9.17, 15) is 5.26 Å². The second kappa shape index (κ2) is 13.6. The number of thioether (sulfide) groups is 1. The number of ether oxygens (including phenoxy) is 1. The van der Waals surface area contributed by atoms with Crippen molar-refractivity contribution in [1.82, 2.24) is 15.3 Å². The summed E-state index contributed by atoms with van der Waals surface area (Å²) in [5.41, 5.74) is 3.72. The van der Waals surface area contributed by atoms with Gasteiger partial charge in [0.1, 0.15) is 11.8 Å². The van der Waals surface area contributed by atoms with E-state index in [4.69, 9.17) is 14.8 Å². The third-order valence-corrected chi connectivity index (χ3v) is 8.60. The molecule has 0 radical (unpaired) electrons. The van der Waals surface area contributed by atoms with E-state index in [1.807, 2.05) is 36.6 Å². The summed E-state index contributed by atoms with van der Waals surface area (Å²) in [4.78, 5) is 10.4. The van der Waals surface area contributed by atoms with Crippen LogP contribution in [0, 0.1) is 11.3 Å². The van der Waals surface area contributed by atoms with Crippen LogP contribution in [0.25, 0.3) is 10.6 Å². The molecule has 2 heterocycles. The Morgan fingerprint density at radius 3 is 2.86 bits per heavy atom. The molecule has 36 heavy (non-hydrogen) atoms. The van der Waals surface area contributed by atoms with Crippen LogP contribution in [0.4, 0.5) is 11.6 Å². The molecule has 7 nitrogen and oxygen atoms in total. The van der Waals surface area contributed by atoms with Gasteiger partial charge in [-0.15, -0.1) is 23.1 Å². The van der Waals surface area contributed by atoms with Gasteiger partial charge in [-0.3, -0.25) is 0 Å². The van der Waals surface area contributed by atoms with E-state index in [1.165, 1.54) is 24.8 Å². The summed E-state index contributed by atoms with van der Waals surface area (Å²) in [6, 6.07) is 12.2.